The molecule has 0 aliphatic rings. The maximum Gasteiger partial charge on any atom is 0.326 e. The minimum Gasteiger partial charge on any atom is -0.481 e. The summed E-state index contributed by atoms with van der Waals surface area (Å²) in [4.78, 5) is 84.1. The van der Waals surface area contributed by atoms with Gasteiger partial charge in [-0.3, -0.25) is 24.0 Å². The first-order chi connectivity index (χ1) is 21.2. The lowest BCUT2D eigenvalue weighted by atomic mass is 9.97. The van der Waals surface area contributed by atoms with Crippen molar-refractivity contribution in [3.63, 3.8) is 0 Å². The fourth-order valence-electron chi connectivity index (χ4n) is 4.71. The van der Waals surface area contributed by atoms with Crippen molar-refractivity contribution in [3.05, 3.63) is 0 Å². The summed E-state index contributed by atoms with van der Waals surface area (Å²) in [6, 6.07) is -4.28. The van der Waals surface area contributed by atoms with E-state index in [0.717, 1.165) is 25.7 Å². The predicted molar refractivity (Wildman–Crippen MR) is 164 cm³/mol. The van der Waals surface area contributed by atoms with E-state index in [1.807, 2.05) is 0 Å². The van der Waals surface area contributed by atoms with Crippen molar-refractivity contribution in [2.24, 2.45) is 11.8 Å². The third kappa shape index (κ3) is 20.0. The highest BCUT2D eigenvalue weighted by Crippen LogP contribution is 2.14. The molecule has 0 aliphatic heterocycles. The Hall–Kier alpha value is -3.71. The lowest BCUT2D eigenvalue weighted by Gasteiger charge is -2.25. The van der Waals surface area contributed by atoms with Crippen LogP contribution in [0.25, 0.3) is 0 Å². The number of hydrogen-bond acceptors (Lipinski definition) is 7. The summed E-state index contributed by atoms with van der Waals surface area (Å²) in [6.45, 7) is 4.86. The van der Waals surface area contributed by atoms with Crippen molar-refractivity contribution in [1.29, 1.82) is 0 Å². The van der Waals surface area contributed by atoms with Gasteiger partial charge in [0.25, 0.3) is 0 Å². The van der Waals surface area contributed by atoms with Crippen molar-refractivity contribution < 1.29 is 54.0 Å². The Morgan fingerprint density at radius 2 is 1.00 bits per heavy atom. The second-order valence-electron chi connectivity index (χ2n) is 11.7. The van der Waals surface area contributed by atoms with Crippen LogP contribution in [0.15, 0.2) is 0 Å². The second kappa shape index (κ2) is 23.6. The molecule has 5 unspecified atom stereocenters. The first-order valence-corrected chi connectivity index (χ1v) is 16.0. The average molecular weight is 644 g/mol. The van der Waals surface area contributed by atoms with Gasteiger partial charge in [0.1, 0.15) is 18.1 Å². The van der Waals surface area contributed by atoms with Gasteiger partial charge in [0.2, 0.25) is 17.7 Å². The van der Waals surface area contributed by atoms with Gasteiger partial charge in [-0.15, -0.1) is 0 Å². The largest absolute Gasteiger partial charge is 0.481 e. The van der Waals surface area contributed by atoms with E-state index in [0.29, 0.717) is 6.42 Å². The fraction of sp³-hybridized carbons (Fsp3) is 0.774. The van der Waals surface area contributed by atoms with Crippen LogP contribution in [0.3, 0.4) is 0 Å². The van der Waals surface area contributed by atoms with Gasteiger partial charge in [-0.2, -0.15) is 0 Å². The van der Waals surface area contributed by atoms with Crippen molar-refractivity contribution in [3.8, 4) is 0 Å². The Bertz CT molecular complexity index is 972. The molecule has 0 spiro atoms. The van der Waals surface area contributed by atoms with E-state index in [1.165, 1.54) is 46.0 Å². The van der Waals surface area contributed by atoms with Crippen LogP contribution in [0.5, 0.6) is 0 Å². The minimum absolute atomic E-state index is 0.0213. The summed E-state index contributed by atoms with van der Waals surface area (Å²) in [7, 11) is 0. The Morgan fingerprint density at radius 1 is 0.511 bits per heavy atom. The smallest absolute Gasteiger partial charge is 0.326 e. The third-order valence-corrected chi connectivity index (χ3v) is 7.57. The van der Waals surface area contributed by atoms with E-state index in [9.17, 15) is 43.8 Å². The van der Waals surface area contributed by atoms with Crippen LogP contribution in [-0.4, -0.2) is 80.2 Å². The highest BCUT2D eigenvalue weighted by atomic mass is 16.4. The Balaban J connectivity index is 5.34. The molecule has 14 heteroatoms. The molecule has 0 radical (unpaired) electrons. The van der Waals surface area contributed by atoms with Gasteiger partial charge in [0, 0.05) is 18.8 Å². The summed E-state index contributed by atoms with van der Waals surface area (Å²) in [5.41, 5.74) is 0. The molecule has 0 aromatic rings. The van der Waals surface area contributed by atoms with Crippen LogP contribution in [-0.2, 0) is 33.6 Å². The number of carboxylic acid groups (broad SMARTS) is 4. The molecule has 0 fully saturated rings. The lowest BCUT2D eigenvalue weighted by molar-refractivity contribution is -0.146. The molecular formula is C31H53N3O11. The average Bonchev–Trinajstić information content (AvgIpc) is 2.96. The van der Waals surface area contributed by atoms with Gasteiger partial charge in [-0.25, -0.2) is 9.59 Å². The van der Waals surface area contributed by atoms with E-state index in [-0.39, 0.29) is 38.5 Å². The number of carboxylic acids is 4. The van der Waals surface area contributed by atoms with Gasteiger partial charge in [-0.1, -0.05) is 78.6 Å². The molecule has 0 saturated heterocycles. The highest BCUT2D eigenvalue weighted by Gasteiger charge is 2.32. The Kier molecular flexibility index (Phi) is 21.7. The number of rotatable bonds is 27. The zero-order valence-corrected chi connectivity index (χ0v) is 26.8. The molecule has 3 amide bonds. The molecule has 45 heavy (non-hydrogen) atoms. The van der Waals surface area contributed by atoms with E-state index < -0.39 is 71.6 Å². The number of aliphatic carboxylic acids is 4. The van der Waals surface area contributed by atoms with Crippen LogP contribution in [0, 0.1) is 11.8 Å². The van der Waals surface area contributed by atoms with Crippen LogP contribution in [0.4, 0.5) is 0 Å². The minimum atomic E-state index is -1.50. The highest BCUT2D eigenvalue weighted by molar-refractivity contribution is 5.91. The zero-order valence-electron chi connectivity index (χ0n) is 26.8. The molecule has 5 atom stereocenters. The van der Waals surface area contributed by atoms with Crippen molar-refractivity contribution >= 4 is 41.6 Å². The van der Waals surface area contributed by atoms with Gasteiger partial charge >= 0.3 is 23.9 Å². The molecule has 7 N–H and O–H groups in total. The summed E-state index contributed by atoms with van der Waals surface area (Å²) in [5, 5.41) is 44.1. The SMILES string of the molecule is CCCCCCCCCCCCC(=O)NC(CC(C)C(=O)NC(CC(C)C(=O)O)C(=O)O)C(=O)NC(CCCC(=O)O)C(=O)O. The van der Waals surface area contributed by atoms with E-state index in [4.69, 9.17) is 10.2 Å². The predicted octanol–water partition coefficient (Wildman–Crippen LogP) is 3.31. The van der Waals surface area contributed by atoms with Gasteiger partial charge in [0.05, 0.1) is 5.92 Å². The monoisotopic (exact) mass is 643 g/mol. The van der Waals surface area contributed by atoms with Crippen molar-refractivity contribution in [2.45, 2.75) is 142 Å². The van der Waals surface area contributed by atoms with E-state index in [2.05, 4.69) is 22.9 Å². The number of amides is 3. The number of carbonyl (C=O) groups excluding carboxylic acids is 3. The van der Waals surface area contributed by atoms with Crippen LogP contribution in [0.2, 0.25) is 0 Å². The molecule has 0 rings (SSSR count). The standard InChI is InChI=1S/C31H53N3O11/c1-4-5-6-7-8-9-10-11-12-13-16-25(35)32-23(28(39)33-22(30(42)43)15-14-17-26(36)37)18-20(2)27(38)34-24(31(44)45)19-21(3)29(40)41/h20-24H,4-19H2,1-3H3,(H,32,35)(H,33,39)(H,34,38)(H,36,37)(H,40,41)(H,42,43)(H,44,45). The fourth-order valence-corrected chi connectivity index (χ4v) is 4.71. The molecule has 0 aromatic heterocycles. The van der Waals surface area contributed by atoms with Gasteiger partial charge in [0.15, 0.2) is 0 Å². The lowest BCUT2D eigenvalue weighted by Crippen LogP contribution is -2.53. The van der Waals surface area contributed by atoms with Crippen LogP contribution in [0.1, 0.15) is 124 Å². The van der Waals surface area contributed by atoms with Crippen LogP contribution >= 0.6 is 0 Å². The number of hydrogen-bond donors (Lipinski definition) is 7. The summed E-state index contributed by atoms with van der Waals surface area (Å²) in [6.07, 6.45) is 9.55. The molecule has 0 aromatic carbocycles. The molecule has 0 bridgehead atoms. The normalized spacial score (nSPS) is 14.3. The van der Waals surface area contributed by atoms with Gasteiger partial charge < -0.3 is 36.4 Å². The second-order valence-corrected chi connectivity index (χ2v) is 11.7. The molecule has 0 aliphatic carbocycles. The molecule has 258 valence electrons. The van der Waals surface area contributed by atoms with Gasteiger partial charge in [-0.05, 0) is 32.1 Å². The number of unbranched alkanes of at least 4 members (excludes halogenated alkanes) is 9. The molecule has 0 saturated carbocycles. The maximum absolute atomic E-state index is 13.1. The van der Waals surface area contributed by atoms with Crippen LogP contribution < -0.4 is 16.0 Å². The number of nitrogens with one attached hydrogen (secondary N) is 3. The Labute approximate surface area is 265 Å². The third-order valence-electron chi connectivity index (χ3n) is 7.57. The molecular weight excluding hydrogens is 590 g/mol. The molecule has 0 heterocycles. The quantitative estimate of drug-likeness (QED) is 0.0641. The summed E-state index contributed by atoms with van der Waals surface area (Å²) >= 11 is 0. The molecule has 14 nitrogen and oxygen atoms in total. The van der Waals surface area contributed by atoms with Crippen molar-refractivity contribution in [2.75, 3.05) is 0 Å². The summed E-state index contributed by atoms with van der Waals surface area (Å²) < 4.78 is 0. The van der Waals surface area contributed by atoms with Crippen molar-refractivity contribution in [1.82, 2.24) is 16.0 Å². The maximum atomic E-state index is 13.1. The first-order valence-electron chi connectivity index (χ1n) is 16.0. The topological polar surface area (TPSA) is 236 Å². The van der Waals surface area contributed by atoms with E-state index >= 15 is 0 Å². The number of carbonyl (C=O) groups is 7. The van der Waals surface area contributed by atoms with E-state index in [1.54, 1.807) is 0 Å². The zero-order chi connectivity index (χ0) is 34.4. The Morgan fingerprint density at radius 3 is 1.49 bits per heavy atom. The first kappa shape index (κ1) is 41.3. The summed E-state index contributed by atoms with van der Waals surface area (Å²) in [5.74, 6) is -9.43.